The zero-order valence-electron chi connectivity index (χ0n) is 17.6. The van der Waals surface area contributed by atoms with Gasteiger partial charge < -0.3 is 20.1 Å². The lowest BCUT2D eigenvalue weighted by Crippen LogP contribution is -2.43. The fourth-order valence-electron chi connectivity index (χ4n) is 2.70. The first-order chi connectivity index (χ1) is 13.3. The predicted molar refractivity (Wildman–Crippen MR) is 113 cm³/mol. The van der Waals surface area contributed by atoms with Crippen LogP contribution in [0.4, 0.5) is 0 Å². The first-order valence-electron chi connectivity index (χ1n) is 9.72. The van der Waals surface area contributed by atoms with Gasteiger partial charge in [0.15, 0.2) is 18.1 Å². The fourth-order valence-corrected chi connectivity index (χ4v) is 2.70. The molecule has 5 nitrogen and oxygen atoms in total. The van der Waals surface area contributed by atoms with Crippen LogP contribution in [0.3, 0.4) is 0 Å². The Kier molecular flexibility index (Phi) is 7.88. The van der Waals surface area contributed by atoms with Gasteiger partial charge in [-0.15, -0.1) is 0 Å². The van der Waals surface area contributed by atoms with E-state index in [1.807, 2.05) is 45.9 Å². The molecule has 2 aromatic carbocycles. The molecule has 2 aromatic rings. The summed E-state index contributed by atoms with van der Waals surface area (Å²) in [5.41, 5.74) is 3.33. The van der Waals surface area contributed by atoms with Crippen molar-refractivity contribution in [2.45, 2.75) is 53.2 Å². The molecular weight excluding hydrogens is 352 g/mol. The number of ether oxygens (including phenoxy) is 2. The number of hydrogen-bond donors (Lipinski definition) is 2. The van der Waals surface area contributed by atoms with Crippen LogP contribution in [-0.2, 0) is 17.9 Å². The highest BCUT2D eigenvalue weighted by atomic mass is 16.5. The zero-order chi connectivity index (χ0) is 20.6. The van der Waals surface area contributed by atoms with Crippen LogP contribution in [-0.4, -0.2) is 24.7 Å². The first-order valence-corrected chi connectivity index (χ1v) is 9.72. The van der Waals surface area contributed by atoms with Gasteiger partial charge in [0.2, 0.25) is 0 Å². The van der Waals surface area contributed by atoms with E-state index in [9.17, 15) is 4.79 Å². The molecule has 2 rings (SSSR count). The minimum absolute atomic E-state index is 0.0393. The molecule has 0 spiro atoms. The molecular formula is C23H32N2O3. The van der Waals surface area contributed by atoms with E-state index in [1.54, 1.807) is 0 Å². The van der Waals surface area contributed by atoms with Crippen molar-refractivity contribution < 1.29 is 14.3 Å². The summed E-state index contributed by atoms with van der Waals surface area (Å²) >= 11 is 0. The van der Waals surface area contributed by atoms with Gasteiger partial charge in [0, 0.05) is 18.6 Å². The Labute approximate surface area is 168 Å². The Morgan fingerprint density at radius 1 is 0.929 bits per heavy atom. The van der Waals surface area contributed by atoms with Crippen LogP contribution in [0.1, 0.15) is 44.4 Å². The minimum atomic E-state index is -0.282. The van der Waals surface area contributed by atoms with Crippen LogP contribution in [0.25, 0.3) is 0 Å². The van der Waals surface area contributed by atoms with Gasteiger partial charge in [-0.3, -0.25) is 4.79 Å². The lowest BCUT2D eigenvalue weighted by atomic mass is 10.1. The molecule has 2 N–H and O–H groups in total. The number of carbonyl (C=O) groups excluding carboxylic acids is 1. The Hall–Kier alpha value is -2.53. The normalized spacial score (nSPS) is 11.2. The Morgan fingerprint density at radius 3 is 2.21 bits per heavy atom. The molecule has 28 heavy (non-hydrogen) atoms. The summed E-state index contributed by atoms with van der Waals surface area (Å²) in [5.74, 6) is 1.08. The summed E-state index contributed by atoms with van der Waals surface area (Å²) in [5, 5.41) is 6.33. The third kappa shape index (κ3) is 7.61. The standard InChI is InChI=1S/C23H32N2O3/c1-6-27-21-13-19(15-24-14-18-9-7-17(2)8-10-18)11-12-20(21)28-16-22(26)25-23(3,4)5/h7-13,24H,6,14-16H2,1-5H3,(H,25,26). The number of amides is 1. The second-order valence-corrected chi connectivity index (χ2v) is 7.89. The highest BCUT2D eigenvalue weighted by molar-refractivity contribution is 5.78. The van der Waals surface area contributed by atoms with Gasteiger partial charge in [0.05, 0.1) is 6.61 Å². The number of aryl methyl sites for hydroxylation is 1. The van der Waals surface area contributed by atoms with Crippen molar-refractivity contribution in [3.05, 3.63) is 59.2 Å². The van der Waals surface area contributed by atoms with Gasteiger partial charge in [-0.25, -0.2) is 0 Å². The maximum absolute atomic E-state index is 12.0. The number of carbonyl (C=O) groups is 1. The van der Waals surface area contributed by atoms with E-state index in [0.717, 1.165) is 18.7 Å². The molecule has 1 amide bonds. The zero-order valence-corrected chi connectivity index (χ0v) is 17.6. The molecule has 0 aliphatic heterocycles. The molecule has 0 aliphatic rings. The van der Waals surface area contributed by atoms with Crippen LogP contribution < -0.4 is 20.1 Å². The van der Waals surface area contributed by atoms with Crippen LogP contribution in [0, 0.1) is 6.92 Å². The molecule has 152 valence electrons. The molecule has 0 bridgehead atoms. The van der Waals surface area contributed by atoms with Gasteiger partial charge in [-0.1, -0.05) is 35.9 Å². The summed E-state index contributed by atoms with van der Waals surface area (Å²) in [6, 6.07) is 14.3. The van der Waals surface area contributed by atoms with Crippen molar-refractivity contribution in [1.82, 2.24) is 10.6 Å². The van der Waals surface area contributed by atoms with Crippen molar-refractivity contribution >= 4 is 5.91 Å². The molecule has 0 saturated heterocycles. The maximum Gasteiger partial charge on any atom is 0.258 e. The summed E-state index contributed by atoms with van der Waals surface area (Å²) in [7, 11) is 0. The lowest BCUT2D eigenvalue weighted by Gasteiger charge is -2.21. The van der Waals surface area contributed by atoms with Gasteiger partial charge in [0.25, 0.3) is 5.91 Å². The van der Waals surface area contributed by atoms with Gasteiger partial charge in [-0.05, 0) is 57.9 Å². The Morgan fingerprint density at radius 2 is 1.57 bits per heavy atom. The molecule has 5 heteroatoms. The largest absolute Gasteiger partial charge is 0.490 e. The van der Waals surface area contributed by atoms with Gasteiger partial charge >= 0.3 is 0 Å². The predicted octanol–water partition coefficient (Wildman–Crippen LogP) is 3.98. The van der Waals surface area contributed by atoms with E-state index in [-0.39, 0.29) is 18.1 Å². The van der Waals surface area contributed by atoms with E-state index in [1.165, 1.54) is 11.1 Å². The van der Waals surface area contributed by atoms with E-state index in [2.05, 4.69) is 41.8 Å². The lowest BCUT2D eigenvalue weighted by molar-refractivity contribution is -0.124. The Balaban J connectivity index is 1.93. The maximum atomic E-state index is 12.0. The number of hydrogen-bond acceptors (Lipinski definition) is 4. The van der Waals surface area contributed by atoms with Crippen LogP contribution in [0.5, 0.6) is 11.5 Å². The Bertz CT molecular complexity index is 764. The molecule has 0 unspecified atom stereocenters. The minimum Gasteiger partial charge on any atom is -0.490 e. The van der Waals surface area contributed by atoms with Crippen molar-refractivity contribution in [2.75, 3.05) is 13.2 Å². The second kappa shape index (κ2) is 10.1. The molecule has 0 saturated carbocycles. The smallest absolute Gasteiger partial charge is 0.258 e. The van der Waals surface area contributed by atoms with Crippen molar-refractivity contribution in [3.8, 4) is 11.5 Å². The summed E-state index contributed by atoms with van der Waals surface area (Å²) in [6.45, 7) is 11.8. The molecule has 0 heterocycles. The number of benzene rings is 2. The van der Waals surface area contributed by atoms with E-state index in [4.69, 9.17) is 9.47 Å². The van der Waals surface area contributed by atoms with Gasteiger partial charge in [-0.2, -0.15) is 0 Å². The average Bonchev–Trinajstić information content (AvgIpc) is 2.61. The van der Waals surface area contributed by atoms with E-state index in [0.29, 0.717) is 18.1 Å². The quantitative estimate of drug-likeness (QED) is 0.687. The topological polar surface area (TPSA) is 59.6 Å². The van der Waals surface area contributed by atoms with Crippen molar-refractivity contribution in [2.24, 2.45) is 0 Å². The highest BCUT2D eigenvalue weighted by Gasteiger charge is 2.15. The molecule has 0 atom stereocenters. The SMILES string of the molecule is CCOc1cc(CNCc2ccc(C)cc2)ccc1OCC(=O)NC(C)(C)C. The average molecular weight is 385 g/mol. The van der Waals surface area contributed by atoms with Crippen LogP contribution in [0.2, 0.25) is 0 Å². The summed E-state index contributed by atoms with van der Waals surface area (Å²) < 4.78 is 11.4. The molecule has 0 fully saturated rings. The molecule has 0 radical (unpaired) electrons. The number of rotatable bonds is 9. The van der Waals surface area contributed by atoms with Crippen LogP contribution >= 0.6 is 0 Å². The second-order valence-electron chi connectivity index (χ2n) is 7.89. The summed E-state index contributed by atoms with van der Waals surface area (Å²) in [4.78, 5) is 12.0. The van der Waals surface area contributed by atoms with Crippen molar-refractivity contribution in [1.29, 1.82) is 0 Å². The monoisotopic (exact) mass is 384 g/mol. The molecule has 0 aromatic heterocycles. The third-order valence-electron chi connectivity index (χ3n) is 3.96. The highest BCUT2D eigenvalue weighted by Crippen LogP contribution is 2.28. The van der Waals surface area contributed by atoms with Crippen LogP contribution in [0.15, 0.2) is 42.5 Å². The first kappa shape index (κ1) is 21.8. The van der Waals surface area contributed by atoms with E-state index >= 15 is 0 Å². The fraction of sp³-hybridized carbons (Fsp3) is 0.435. The van der Waals surface area contributed by atoms with Crippen molar-refractivity contribution in [3.63, 3.8) is 0 Å². The van der Waals surface area contributed by atoms with Gasteiger partial charge in [0.1, 0.15) is 0 Å². The third-order valence-corrected chi connectivity index (χ3v) is 3.96. The summed E-state index contributed by atoms with van der Waals surface area (Å²) in [6.07, 6.45) is 0. The molecule has 0 aliphatic carbocycles. The van der Waals surface area contributed by atoms with E-state index < -0.39 is 0 Å². The number of nitrogens with one attached hydrogen (secondary N) is 2.